The number of benzene rings is 2. The first-order chi connectivity index (χ1) is 14.0. The molecule has 0 aliphatic carbocycles. The highest BCUT2D eigenvalue weighted by molar-refractivity contribution is 6.06. The highest BCUT2D eigenvalue weighted by Crippen LogP contribution is 2.44. The number of anilines is 1. The van der Waals surface area contributed by atoms with Gasteiger partial charge in [0.25, 0.3) is 5.91 Å². The number of carbonyl (C=O) groups excluding carboxylic acids is 1. The number of para-hydroxylation sites is 1. The molecule has 0 spiro atoms. The van der Waals surface area contributed by atoms with Gasteiger partial charge in [-0.15, -0.1) is 0 Å². The largest absolute Gasteiger partial charge is 0.497 e. The number of hydrogen-bond acceptors (Lipinski definition) is 6. The molecule has 1 atom stereocenters. The lowest BCUT2D eigenvalue weighted by Gasteiger charge is -2.28. The predicted octanol–water partition coefficient (Wildman–Crippen LogP) is 3.42. The van der Waals surface area contributed by atoms with Crippen molar-refractivity contribution < 1.29 is 19.0 Å². The van der Waals surface area contributed by atoms with Gasteiger partial charge in [-0.3, -0.25) is 4.79 Å². The third-order valence-corrected chi connectivity index (χ3v) is 4.63. The van der Waals surface area contributed by atoms with Crippen molar-refractivity contribution in [1.82, 2.24) is 0 Å². The average Bonchev–Trinajstić information content (AvgIpc) is 2.73. The molecule has 1 aliphatic heterocycles. The molecule has 0 aromatic heterocycles. The second-order valence-corrected chi connectivity index (χ2v) is 6.32. The van der Waals surface area contributed by atoms with E-state index < -0.39 is 11.8 Å². The summed E-state index contributed by atoms with van der Waals surface area (Å²) in [4.78, 5) is 13.2. The summed E-state index contributed by atoms with van der Waals surface area (Å²) in [5, 5.41) is 12.6. The van der Waals surface area contributed by atoms with E-state index in [1.165, 1.54) is 14.2 Å². The fourth-order valence-electron chi connectivity index (χ4n) is 3.27. The van der Waals surface area contributed by atoms with Crippen LogP contribution in [0.15, 0.2) is 71.3 Å². The number of methoxy groups -OCH3 is 2. The fraction of sp³-hybridized carbons (Fsp3) is 0.182. The normalized spacial score (nSPS) is 16.0. The summed E-state index contributed by atoms with van der Waals surface area (Å²) in [5.74, 6) is 0.145. The molecule has 0 unspecified atom stereocenters. The van der Waals surface area contributed by atoms with Gasteiger partial charge in [0.05, 0.1) is 25.7 Å². The Morgan fingerprint density at radius 2 is 1.90 bits per heavy atom. The lowest BCUT2D eigenvalue weighted by atomic mass is 9.82. The van der Waals surface area contributed by atoms with Gasteiger partial charge in [0.15, 0.2) is 0 Å². The number of hydrogen-bond donors (Lipinski definition) is 2. The van der Waals surface area contributed by atoms with Gasteiger partial charge in [0.2, 0.25) is 5.88 Å². The van der Waals surface area contributed by atoms with Crippen LogP contribution in [0.3, 0.4) is 0 Å². The number of nitriles is 1. The Labute approximate surface area is 169 Å². The van der Waals surface area contributed by atoms with Crippen LogP contribution in [-0.4, -0.2) is 20.1 Å². The van der Waals surface area contributed by atoms with E-state index in [0.717, 1.165) is 0 Å². The predicted molar refractivity (Wildman–Crippen MR) is 108 cm³/mol. The van der Waals surface area contributed by atoms with Crippen LogP contribution in [0.25, 0.3) is 0 Å². The van der Waals surface area contributed by atoms with Crippen molar-refractivity contribution >= 4 is 11.6 Å². The molecule has 3 rings (SSSR count). The topological polar surface area (TPSA) is 107 Å². The number of nitrogens with two attached hydrogens (primary N) is 1. The van der Waals surface area contributed by atoms with Gasteiger partial charge in [-0.1, -0.05) is 18.2 Å². The van der Waals surface area contributed by atoms with Gasteiger partial charge >= 0.3 is 0 Å². The van der Waals surface area contributed by atoms with E-state index in [0.29, 0.717) is 28.5 Å². The molecule has 0 saturated heterocycles. The molecule has 1 heterocycles. The smallest absolute Gasteiger partial charge is 0.255 e. The number of nitrogens with one attached hydrogen (secondary N) is 1. The summed E-state index contributed by atoms with van der Waals surface area (Å²) in [6.07, 6.45) is 0. The third-order valence-electron chi connectivity index (χ3n) is 4.63. The lowest BCUT2D eigenvalue weighted by molar-refractivity contribution is -0.113. The van der Waals surface area contributed by atoms with Crippen molar-refractivity contribution in [2.45, 2.75) is 12.8 Å². The van der Waals surface area contributed by atoms with E-state index in [1.807, 2.05) is 18.2 Å². The number of rotatable bonds is 5. The van der Waals surface area contributed by atoms with Gasteiger partial charge in [0, 0.05) is 11.3 Å². The van der Waals surface area contributed by atoms with Crippen LogP contribution < -0.4 is 20.5 Å². The first kappa shape index (κ1) is 19.8. The number of amides is 1. The van der Waals surface area contributed by atoms with Crippen molar-refractivity contribution in [2.24, 2.45) is 5.73 Å². The van der Waals surface area contributed by atoms with Crippen molar-refractivity contribution in [2.75, 3.05) is 19.5 Å². The molecule has 7 heteroatoms. The Kier molecular flexibility index (Phi) is 5.74. The summed E-state index contributed by atoms with van der Waals surface area (Å²) < 4.78 is 16.3. The molecule has 2 aromatic rings. The van der Waals surface area contributed by atoms with Crippen LogP contribution in [0.2, 0.25) is 0 Å². The Balaban J connectivity index is 2.15. The van der Waals surface area contributed by atoms with Crippen LogP contribution in [0, 0.1) is 11.3 Å². The number of nitrogens with zero attached hydrogens (tertiary/aromatic N) is 1. The molecule has 7 nitrogen and oxygen atoms in total. The maximum Gasteiger partial charge on any atom is 0.255 e. The molecule has 1 amide bonds. The molecule has 1 aliphatic rings. The number of carbonyl (C=O) groups is 1. The first-order valence-corrected chi connectivity index (χ1v) is 8.86. The molecule has 3 N–H and O–H groups in total. The number of allylic oxidation sites excluding steroid dienone is 2. The second kappa shape index (κ2) is 8.40. The summed E-state index contributed by atoms with van der Waals surface area (Å²) in [7, 11) is 3.05. The van der Waals surface area contributed by atoms with Crippen molar-refractivity contribution in [3.05, 3.63) is 76.9 Å². The minimum atomic E-state index is -0.775. The second-order valence-electron chi connectivity index (χ2n) is 6.32. The highest BCUT2D eigenvalue weighted by Gasteiger charge is 2.37. The summed E-state index contributed by atoms with van der Waals surface area (Å²) in [5.41, 5.74) is 7.57. The van der Waals surface area contributed by atoms with E-state index in [-0.39, 0.29) is 17.0 Å². The van der Waals surface area contributed by atoms with Gasteiger partial charge in [-0.2, -0.15) is 5.26 Å². The Morgan fingerprint density at radius 3 is 2.52 bits per heavy atom. The van der Waals surface area contributed by atoms with Crippen LogP contribution in [-0.2, 0) is 9.53 Å². The monoisotopic (exact) mass is 391 g/mol. The molecular weight excluding hydrogens is 370 g/mol. The maximum atomic E-state index is 13.2. The molecule has 0 fully saturated rings. The lowest BCUT2D eigenvalue weighted by Crippen LogP contribution is -2.28. The van der Waals surface area contributed by atoms with Gasteiger partial charge < -0.3 is 25.3 Å². The summed E-state index contributed by atoms with van der Waals surface area (Å²) in [6.45, 7) is 1.64. The summed E-state index contributed by atoms with van der Waals surface area (Å²) in [6, 6.07) is 16.3. The van der Waals surface area contributed by atoms with Crippen molar-refractivity contribution in [3.8, 4) is 17.6 Å². The van der Waals surface area contributed by atoms with E-state index in [2.05, 4.69) is 11.4 Å². The van der Waals surface area contributed by atoms with Gasteiger partial charge in [-0.25, -0.2) is 0 Å². The van der Waals surface area contributed by atoms with Crippen LogP contribution in [0.5, 0.6) is 11.5 Å². The Hall–Kier alpha value is -3.92. The van der Waals surface area contributed by atoms with E-state index >= 15 is 0 Å². The Bertz CT molecular complexity index is 1040. The fourth-order valence-corrected chi connectivity index (χ4v) is 3.27. The number of ether oxygens (including phenoxy) is 3. The van der Waals surface area contributed by atoms with Gasteiger partial charge in [0.1, 0.15) is 28.9 Å². The van der Waals surface area contributed by atoms with Crippen LogP contribution in [0.1, 0.15) is 18.4 Å². The van der Waals surface area contributed by atoms with Gasteiger partial charge in [-0.05, 0) is 37.3 Å². The zero-order valence-electron chi connectivity index (χ0n) is 16.4. The zero-order valence-corrected chi connectivity index (χ0v) is 16.4. The molecular formula is C22H21N3O4. The molecule has 0 radical (unpaired) electrons. The highest BCUT2D eigenvalue weighted by atomic mass is 16.5. The third kappa shape index (κ3) is 3.87. The molecule has 0 bridgehead atoms. The van der Waals surface area contributed by atoms with Crippen molar-refractivity contribution in [1.29, 1.82) is 5.26 Å². The molecule has 2 aromatic carbocycles. The summed E-state index contributed by atoms with van der Waals surface area (Å²) >= 11 is 0. The quantitative estimate of drug-likeness (QED) is 0.809. The van der Waals surface area contributed by atoms with Crippen LogP contribution >= 0.6 is 0 Å². The van der Waals surface area contributed by atoms with Crippen molar-refractivity contribution in [3.63, 3.8) is 0 Å². The maximum absolute atomic E-state index is 13.2. The zero-order chi connectivity index (χ0) is 21.0. The Morgan fingerprint density at radius 1 is 1.17 bits per heavy atom. The molecule has 0 saturated carbocycles. The minimum absolute atomic E-state index is 0.0452. The van der Waals surface area contributed by atoms with E-state index in [1.54, 1.807) is 37.3 Å². The minimum Gasteiger partial charge on any atom is -0.497 e. The average molecular weight is 391 g/mol. The van der Waals surface area contributed by atoms with E-state index in [4.69, 9.17) is 19.9 Å². The molecule has 29 heavy (non-hydrogen) atoms. The van der Waals surface area contributed by atoms with E-state index in [9.17, 15) is 10.1 Å². The van der Waals surface area contributed by atoms with Crippen LogP contribution in [0.4, 0.5) is 5.69 Å². The molecule has 148 valence electrons. The standard InChI is InChI=1S/C22H21N3O4/c1-13-19(22(26)25-14-7-5-4-6-8-14)20(17(12-23)21(24)29-13)16-11-15(27-2)9-10-18(16)28-3/h4-11,20H,24H2,1-3H3,(H,25,26)/t20-/m0/s1. The first-order valence-electron chi connectivity index (χ1n) is 8.86. The SMILES string of the molecule is COc1ccc(OC)c([C@H]2C(C#N)=C(N)OC(C)=C2C(=O)Nc2ccccc2)c1.